The van der Waals surface area contributed by atoms with Crippen LogP contribution in [0.4, 0.5) is 10.5 Å². The third-order valence-electron chi connectivity index (χ3n) is 6.06. The van der Waals surface area contributed by atoms with Gasteiger partial charge in [0.25, 0.3) is 0 Å². The number of aryl methyl sites for hydroxylation is 1. The van der Waals surface area contributed by atoms with Crippen LogP contribution < -0.4 is 14.8 Å². The second-order valence-corrected chi connectivity index (χ2v) is 7.69. The molecule has 6 heteroatoms. The predicted octanol–water partition coefficient (Wildman–Crippen LogP) is 3.12. The molecule has 28 heavy (non-hydrogen) atoms. The predicted molar refractivity (Wildman–Crippen MR) is 107 cm³/mol. The van der Waals surface area contributed by atoms with E-state index in [-0.39, 0.29) is 12.8 Å². The van der Waals surface area contributed by atoms with Crippen LogP contribution >= 0.6 is 0 Å². The zero-order valence-corrected chi connectivity index (χ0v) is 15.9. The Morgan fingerprint density at radius 2 is 1.75 bits per heavy atom. The van der Waals surface area contributed by atoms with Crippen molar-refractivity contribution < 1.29 is 14.3 Å². The first kappa shape index (κ1) is 17.4. The smallest absolute Gasteiger partial charge is 0.321 e. The number of hydrogen-bond acceptors (Lipinski definition) is 4. The zero-order valence-electron chi connectivity index (χ0n) is 15.9. The molecule has 1 fully saturated rings. The van der Waals surface area contributed by atoms with E-state index in [9.17, 15) is 4.79 Å². The highest BCUT2D eigenvalue weighted by Crippen LogP contribution is 2.34. The molecule has 2 amide bonds. The van der Waals surface area contributed by atoms with Gasteiger partial charge in [0.1, 0.15) is 0 Å². The summed E-state index contributed by atoms with van der Waals surface area (Å²) < 4.78 is 10.7. The van der Waals surface area contributed by atoms with Gasteiger partial charge in [-0.05, 0) is 42.5 Å². The van der Waals surface area contributed by atoms with Crippen LogP contribution in [-0.2, 0) is 12.8 Å². The van der Waals surface area contributed by atoms with Crippen LogP contribution in [0.15, 0.2) is 42.5 Å². The maximum absolute atomic E-state index is 12.6. The molecule has 0 saturated carbocycles. The normalized spacial score (nSPS) is 21.3. The van der Waals surface area contributed by atoms with E-state index in [1.165, 1.54) is 17.5 Å². The van der Waals surface area contributed by atoms with Crippen molar-refractivity contribution in [2.24, 2.45) is 0 Å². The Hall–Kier alpha value is -2.73. The van der Waals surface area contributed by atoms with Crippen LogP contribution in [0.1, 0.15) is 17.5 Å². The van der Waals surface area contributed by atoms with Crippen LogP contribution in [0, 0.1) is 0 Å². The van der Waals surface area contributed by atoms with Gasteiger partial charge in [-0.3, -0.25) is 4.90 Å². The van der Waals surface area contributed by atoms with Gasteiger partial charge in [-0.15, -0.1) is 0 Å². The van der Waals surface area contributed by atoms with Gasteiger partial charge in [0.15, 0.2) is 11.5 Å². The summed E-state index contributed by atoms with van der Waals surface area (Å²) in [5, 5.41) is 2.98. The highest BCUT2D eigenvalue weighted by atomic mass is 16.7. The highest BCUT2D eigenvalue weighted by molar-refractivity contribution is 5.89. The Morgan fingerprint density at radius 1 is 0.964 bits per heavy atom. The van der Waals surface area contributed by atoms with Crippen molar-refractivity contribution in [3.63, 3.8) is 0 Å². The molecule has 3 aliphatic rings. The number of rotatable bonds is 2. The lowest BCUT2D eigenvalue weighted by Gasteiger charge is -2.41. The summed E-state index contributed by atoms with van der Waals surface area (Å²) in [7, 11) is 0. The second kappa shape index (κ2) is 7.36. The Labute approximate surface area is 165 Å². The summed E-state index contributed by atoms with van der Waals surface area (Å²) in [5.41, 5.74) is 3.72. The van der Waals surface area contributed by atoms with Crippen molar-refractivity contribution >= 4 is 11.7 Å². The SMILES string of the molecule is O=C(Nc1ccc2c(c1)OCO2)N1CCN([C@H]2CCc3ccccc3C2)CC1. The molecule has 6 nitrogen and oxygen atoms in total. The third-order valence-corrected chi connectivity index (χ3v) is 6.06. The van der Waals surface area contributed by atoms with Gasteiger partial charge in [-0.1, -0.05) is 24.3 Å². The van der Waals surface area contributed by atoms with Crippen molar-refractivity contribution in [2.75, 3.05) is 38.3 Å². The molecule has 1 saturated heterocycles. The Kier molecular flexibility index (Phi) is 4.56. The number of piperazine rings is 1. The molecular formula is C22H25N3O3. The summed E-state index contributed by atoms with van der Waals surface area (Å²) in [6, 6.07) is 14.8. The van der Waals surface area contributed by atoms with E-state index >= 15 is 0 Å². The molecule has 2 aromatic carbocycles. The number of ether oxygens (including phenoxy) is 2. The first-order valence-electron chi connectivity index (χ1n) is 10.0. The number of fused-ring (bicyclic) bond motifs is 2. The van der Waals surface area contributed by atoms with Crippen molar-refractivity contribution in [1.29, 1.82) is 0 Å². The van der Waals surface area contributed by atoms with Gasteiger partial charge in [-0.2, -0.15) is 0 Å². The average Bonchev–Trinajstić information content (AvgIpc) is 3.21. The molecule has 0 radical (unpaired) electrons. The molecule has 2 heterocycles. The van der Waals surface area contributed by atoms with Crippen molar-refractivity contribution in [2.45, 2.75) is 25.3 Å². The second-order valence-electron chi connectivity index (χ2n) is 7.69. The highest BCUT2D eigenvalue weighted by Gasteiger charge is 2.28. The minimum Gasteiger partial charge on any atom is -0.454 e. The molecule has 0 spiro atoms. The molecule has 0 bridgehead atoms. The minimum absolute atomic E-state index is 0.0486. The van der Waals surface area contributed by atoms with E-state index in [1.807, 2.05) is 23.1 Å². The fraction of sp³-hybridized carbons (Fsp3) is 0.409. The lowest BCUT2D eigenvalue weighted by molar-refractivity contribution is 0.106. The van der Waals surface area contributed by atoms with Crippen LogP contribution in [0.3, 0.4) is 0 Å². The maximum Gasteiger partial charge on any atom is 0.321 e. The summed E-state index contributed by atoms with van der Waals surface area (Å²) in [6.45, 7) is 3.62. The standard InChI is InChI=1S/C22H25N3O3/c26-22(23-18-6-8-20-21(14-18)28-15-27-20)25-11-9-24(10-12-25)19-7-5-16-3-1-2-4-17(16)13-19/h1-4,6,8,14,19H,5,7,9-13,15H2,(H,23,26)/t19-/m0/s1. The lowest BCUT2D eigenvalue weighted by Crippen LogP contribution is -2.53. The monoisotopic (exact) mass is 379 g/mol. The van der Waals surface area contributed by atoms with Gasteiger partial charge in [-0.25, -0.2) is 4.79 Å². The van der Waals surface area contributed by atoms with Gasteiger partial charge >= 0.3 is 6.03 Å². The van der Waals surface area contributed by atoms with Gasteiger partial charge in [0.05, 0.1) is 0 Å². The van der Waals surface area contributed by atoms with Gasteiger partial charge in [0, 0.05) is 44.0 Å². The van der Waals surface area contributed by atoms with E-state index in [1.54, 1.807) is 0 Å². The van der Waals surface area contributed by atoms with Gasteiger partial charge < -0.3 is 19.7 Å². The lowest BCUT2D eigenvalue weighted by atomic mass is 9.87. The summed E-state index contributed by atoms with van der Waals surface area (Å²) in [5.74, 6) is 1.40. The topological polar surface area (TPSA) is 54.0 Å². The van der Waals surface area contributed by atoms with E-state index in [2.05, 4.69) is 34.5 Å². The number of amides is 2. The van der Waals surface area contributed by atoms with Crippen molar-refractivity contribution in [3.05, 3.63) is 53.6 Å². The van der Waals surface area contributed by atoms with E-state index in [4.69, 9.17) is 9.47 Å². The quantitative estimate of drug-likeness (QED) is 0.871. The van der Waals surface area contributed by atoms with E-state index < -0.39 is 0 Å². The number of hydrogen-bond donors (Lipinski definition) is 1. The Morgan fingerprint density at radius 3 is 2.61 bits per heavy atom. The molecule has 0 aromatic heterocycles. The number of carbonyl (C=O) groups excluding carboxylic acids is 1. The van der Waals surface area contributed by atoms with Crippen LogP contribution in [0.2, 0.25) is 0 Å². The minimum atomic E-state index is -0.0486. The molecule has 146 valence electrons. The first-order chi connectivity index (χ1) is 13.8. The summed E-state index contributed by atoms with van der Waals surface area (Å²) in [6.07, 6.45) is 3.49. The molecular weight excluding hydrogens is 354 g/mol. The maximum atomic E-state index is 12.6. The van der Waals surface area contributed by atoms with Crippen LogP contribution in [0.5, 0.6) is 11.5 Å². The first-order valence-corrected chi connectivity index (χ1v) is 10.0. The van der Waals surface area contributed by atoms with Crippen LogP contribution in [0.25, 0.3) is 0 Å². The molecule has 5 rings (SSSR count). The largest absolute Gasteiger partial charge is 0.454 e. The number of nitrogens with zero attached hydrogens (tertiary/aromatic N) is 2. The average molecular weight is 379 g/mol. The number of anilines is 1. The van der Waals surface area contributed by atoms with Crippen molar-refractivity contribution in [1.82, 2.24) is 9.80 Å². The third kappa shape index (κ3) is 3.40. The van der Waals surface area contributed by atoms with Crippen LogP contribution in [-0.4, -0.2) is 54.8 Å². The van der Waals surface area contributed by atoms with E-state index in [0.29, 0.717) is 11.8 Å². The zero-order chi connectivity index (χ0) is 18.9. The Balaban J connectivity index is 1.15. The number of urea groups is 1. The van der Waals surface area contributed by atoms with Gasteiger partial charge in [0.2, 0.25) is 6.79 Å². The molecule has 2 aliphatic heterocycles. The fourth-order valence-electron chi connectivity index (χ4n) is 4.46. The molecule has 0 unspecified atom stereocenters. The fourth-order valence-corrected chi connectivity index (χ4v) is 4.46. The number of nitrogens with one attached hydrogen (secondary N) is 1. The molecule has 2 aromatic rings. The summed E-state index contributed by atoms with van der Waals surface area (Å²) >= 11 is 0. The Bertz CT molecular complexity index is 877. The molecule has 1 atom stereocenters. The number of carbonyl (C=O) groups is 1. The molecule has 1 aliphatic carbocycles. The van der Waals surface area contributed by atoms with Crippen molar-refractivity contribution in [3.8, 4) is 11.5 Å². The molecule has 1 N–H and O–H groups in total. The summed E-state index contributed by atoms with van der Waals surface area (Å²) in [4.78, 5) is 17.1. The number of benzene rings is 2. The van der Waals surface area contributed by atoms with E-state index in [0.717, 1.165) is 50.5 Å².